The van der Waals surface area contributed by atoms with Crippen LogP contribution in [0.4, 0.5) is 13.2 Å². The van der Waals surface area contributed by atoms with E-state index in [1.807, 2.05) is 16.8 Å². The molecule has 20 heavy (non-hydrogen) atoms. The van der Waals surface area contributed by atoms with Crippen LogP contribution in [0.25, 0.3) is 0 Å². The summed E-state index contributed by atoms with van der Waals surface area (Å²) in [4.78, 5) is 0. The second-order valence-electron chi connectivity index (χ2n) is 4.60. The molecule has 1 atom stereocenters. The first-order valence-electron chi connectivity index (χ1n) is 6.12. The Hall–Kier alpha value is -1.37. The molecule has 1 heterocycles. The van der Waals surface area contributed by atoms with Crippen molar-refractivity contribution < 1.29 is 13.2 Å². The number of hydrogen-bond donors (Lipinski definition) is 2. The molecule has 0 radical (unpaired) electrons. The minimum atomic E-state index is -4.31. The summed E-state index contributed by atoms with van der Waals surface area (Å²) in [5, 5.41) is 3.98. The second-order valence-corrected chi connectivity index (χ2v) is 5.38. The van der Waals surface area contributed by atoms with E-state index in [2.05, 4.69) is 5.43 Å². The van der Waals surface area contributed by atoms with E-state index in [1.54, 1.807) is 17.4 Å². The summed E-state index contributed by atoms with van der Waals surface area (Å²) >= 11 is 1.59. The normalized spacial score (nSPS) is 13.4. The fourth-order valence-electron chi connectivity index (χ4n) is 2.04. The van der Waals surface area contributed by atoms with Gasteiger partial charge in [0, 0.05) is 6.04 Å². The molecule has 1 unspecified atom stereocenters. The van der Waals surface area contributed by atoms with E-state index in [-0.39, 0.29) is 6.04 Å². The van der Waals surface area contributed by atoms with Crippen LogP contribution < -0.4 is 11.3 Å². The van der Waals surface area contributed by atoms with Crippen LogP contribution in [-0.4, -0.2) is 6.04 Å². The summed E-state index contributed by atoms with van der Waals surface area (Å²) in [6, 6.07) is 7.27. The highest BCUT2D eigenvalue weighted by Gasteiger charge is 2.30. The number of rotatable bonds is 5. The van der Waals surface area contributed by atoms with Crippen LogP contribution >= 0.6 is 11.3 Å². The number of alkyl halides is 3. The highest BCUT2D eigenvalue weighted by Crippen LogP contribution is 2.29. The monoisotopic (exact) mass is 300 g/mol. The summed E-state index contributed by atoms with van der Waals surface area (Å²) in [7, 11) is 0. The van der Waals surface area contributed by atoms with Gasteiger partial charge in [-0.15, -0.1) is 0 Å². The first-order valence-corrected chi connectivity index (χ1v) is 7.06. The Morgan fingerprint density at radius 2 is 1.90 bits per heavy atom. The third-order valence-corrected chi connectivity index (χ3v) is 3.77. The predicted octanol–water partition coefficient (Wildman–Crippen LogP) is 3.38. The van der Waals surface area contributed by atoms with Gasteiger partial charge in [-0.05, 0) is 46.9 Å². The van der Waals surface area contributed by atoms with Gasteiger partial charge >= 0.3 is 6.18 Å². The molecular weight excluding hydrogens is 285 g/mol. The van der Waals surface area contributed by atoms with Crippen molar-refractivity contribution in [2.24, 2.45) is 5.84 Å². The Bertz CT molecular complexity index is 538. The van der Waals surface area contributed by atoms with E-state index in [4.69, 9.17) is 5.84 Å². The molecule has 1 aromatic heterocycles. The summed E-state index contributed by atoms with van der Waals surface area (Å²) in [5.41, 5.74) is 3.80. The SMILES string of the molecule is NNC(Cc1ccsc1)Cc1cccc(C(F)(F)F)c1. The third kappa shape index (κ3) is 4.06. The standard InChI is InChI=1S/C14H15F3N2S/c15-14(16,17)12-3-1-2-10(6-12)7-13(19-18)8-11-4-5-20-9-11/h1-6,9,13,19H,7-8,18H2. The van der Waals surface area contributed by atoms with Crippen molar-refractivity contribution in [1.82, 2.24) is 5.43 Å². The highest BCUT2D eigenvalue weighted by molar-refractivity contribution is 7.07. The van der Waals surface area contributed by atoms with Crippen LogP contribution in [0.15, 0.2) is 41.1 Å². The van der Waals surface area contributed by atoms with Crippen LogP contribution in [0.3, 0.4) is 0 Å². The number of hydrogen-bond acceptors (Lipinski definition) is 3. The fourth-order valence-corrected chi connectivity index (χ4v) is 2.72. The maximum atomic E-state index is 12.7. The van der Waals surface area contributed by atoms with Crippen molar-refractivity contribution in [3.63, 3.8) is 0 Å². The summed E-state index contributed by atoms with van der Waals surface area (Å²) in [6.07, 6.45) is -3.17. The van der Waals surface area contributed by atoms with E-state index < -0.39 is 11.7 Å². The van der Waals surface area contributed by atoms with Gasteiger partial charge in [0.1, 0.15) is 0 Å². The smallest absolute Gasteiger partial charge is 0.271 e. The summed E-state index contributed by atoms with van der Waals surface area (Å²) < 4.78 is 38.0. The maximum absolute atomic E-state index is 12.7. The number of halogens is 3. The van der Waals surface area contributed by atoms with E-state index in [9.17, 15) is 13.2 Å². The van der Waals surface area contributed by atoms with Gasteiger partial charge in [-0.1, -0.05) is 18.2 Å². The first-order chi connectivity index (χ1) is 9.49. The number of benzene rings is 1. The topological polar surface area (TPSA) is 38.0 Å². The summed E-state index contributed by atoms with van der Waals surface area (Å²) in [5.74, 6) is 5.49. The lowest BCUT2D eigenvalue weighted by molar-refractivity contribution is -0.137. The Morgan fingerprint density at radius 1 is 1.15 bits per heavy atom. The average Bonchev–Trinajstić information content (AvgIpc) is 2.90. The molecule has 1 aromatic carbocycles. The van der Waals surface area contributed by atoms with Crippen LogP contribution in [0, 0.1) is 0 Å². The lowest BCUT2D eigenvalue weighted by Crippen LogP contribution is -2.38. The Kier molecular flexibility index (Phi) is 4.80. The van der Waals surface area contributed by atoms with Gasteiger partial charge in [-0.3, -0.25) is 11.3 Å². The van der Waals surface area contributed by atoms with Crippen LogP contribution in [-0.2, 0) is 19.0 Å². The number of nitrogens with one attached hydrogen (secondary N) is 1. The average molecular weight is 300 g/mol. The molecule has 108 valence electrons. The minimum Gasteiger partial charge on any atom is -0.271 e. The molecule has 0 bridgehead atoms. The zero-order chi connectivity index (χ0) is 14.6. The van der Waals surface area contributed by atoms with Crippen LogP contribution in [0.5, 0.6) is 0 Å². The van der Waals surface area contributed by atoms with Crippen molar-refractivity contribution in [1.29, 1.82) is 0 Å². The Morgan fingerprint density at radius 3 is 2.50 bits per heavy atom. The molecular formula is C14H15F3N2S. The van der Waals surface area contributed by atoms with E-state index in [0.29, 0.717) is 18.4 Å². The predicted molar refractivity (Wildman–Crippen MR) is 74.3 cm³/mol. The van der Waals surface area contributed by atoms with Gasteiger partial charge in [0.2, 0.25) is 0 Å². The van der Waals surface area contributed by atoms with Gasteiger partial charge in [-0.2, -0.15) is 24.5 Å². The van der Waals surface area contributed by atoms with Crippen LogP contribution in [0.2, 0.25) is 0 Å². The fraction of sp³-hybridized carbons (Fsp3) is 0.286. The molecule has 3 N–H and O–H groups in total. The zero-order valence-corrected chi connectivity index (χ0v) is 11.5. The molecule has 0 saturated carbocycles. The largest absolute Gasteiger partial charge is 0.416 e. The van der Waals surface area contributed by atoms with Gasteiger partial charge in [0.25, 0.3) is 0 Å². The van der Waals surface area contributed by atoms with Gasteiger partial charge in [0.15, 0.2) is 0 Å². The molecule has 2 aromatic rings. The van der Waals surface area contributed by atoms with E-state index >= 15 is 0 Å². The lowest BCUT2D eigenvalue weighted by atomic mass is 9.99. The molecule has 0 fully saturated rings. The molecule has 0 saturated heterocycles. The Balaban J connectivity index is 2.07. The number of hydrazine groups is 1. The number of thiophene rings is 1. The van der Waals surface area contributed by atoms with Gasteiger partial charge < -0.3 is 0 Å². The molecule has 0 spiro atoms. The van der Waals surface area contributed by atoms with Gasteiger partial charge in [-0.25, -0.2) is 0 Å². The van der Waals surface area contributed by atoms with Gasteiger partial charge in [0.05, 0.1) is 5.56 Å². The minimum absolute atomic E-state index is 0.0897. The summed E-state index contributed by atoms with van der Waals surface area (Å²) in [6.45, 7) is 0. The number of nitrogens with two attached hydrogens (primary N) is 1. The van der Waals surface area contributed by atoms with Crippen molar-refractivity contribution >= 4 is 11.3 Å². The van der Waals surface area contributed by atoms with Crippen molar-refractivity contribution in [3.8, 4) is 0 Å². The molecule has 0 aliphatic heterocycles. The third-order valence-electron chi connectivity index (χ3n) is 3.03. The molecule has 6 heteroatoms. The quantitative estimate of drug-likeness (QED) is 0.656. The zero-order valence-electron chi connectivity index (χ0n) is 10.7. The van der Waals surface area contributed by atoms with Crippen LogP contribution in [0.1, 0.15) is 16.7 Å². The Labute approximate surface area is 119 Å². The van der Waals surface area contributed by atoms with Crippen molar-refractivity contribution in [2.75, 3.05) is 0 Å². The molecule has 2 rings (SSSR count). The molecule has 0 aliphatic carbocycles. The lowest BCUT2D eigenvalue weighted by Gasteiger charge is -2.16. The van der Waals surface area contributed by atoms with Crippen molar-refractivity contribution in [3.05, 3.63) is 57.8 Å². The van der Waals surface area contributed by atoms with E-state index in [1.165, 1.54) is 12.1 Å². The second kappa shape index (κ2) is 6.39. The van der Waals surface area contributed by atoms with E-state index in [0.717, 1.165) is 11.6 Å². The van der Waals surface area contributed by atoms with Crippen molar-refractivity contribution in [2.45, 2.75) is 25.1 Å². The highest BCUT2D eigenvalue weighted by atomic mass is 32.1. The molecule has 0 amide bonds. The first kappa shape index (κ1) is 15.0. The molecule has 0 aliphatic rings. The maximum Gasteiger partial charge on any atom is 0.416 e. The molecule has 2 nitrogen and oxygen atoms in total.